The van der Waals surface area contributed by atoms with E-state index >= 15 is 0 Å². The SMILES string of the molecule is C=CC/C=C(\Cn1c(CC=C)c(CCCCCC)c2ccc(C(N)=O)cc21)C(=O)N1CCN(c2ccncc2)CC1. The molecule has 1 saturated heterocycles. The molecule has 0 saturated carbocycles. The van der Waals surface area contributed by atoms with Crippen LogP contribution in [0.5, 0.6) is 0 Å². The number of aromatic nitrogens is 2. The number of fused-ring (bicyclic) bond motifs is 1. The molecule has 1 aliphatic rings. The Morgan fingerprint density at radius 1 is 1.00 bits per heavy atom. The Morgan fingerprint density at radius 2 is 1.76 bits per heavy atom. The first-order valence-electron chi connectivity index (χ1n) is 14.8. The number of carbonyl (C=O) groups excluding carboxylic acids is 2. The minimum absolute atomic E-state index is 0.0446. The molecule has 0 atom stereocenters. The Morgan fingerprint density at radius 3 is 2.41 bits per heavy atom. The standard InChI is InChI=1S/C34H43N5O2/c1-4-7-9-10-13-29-30-15-14-26(33(35)40)24-32(30)39(31(29)11-6-3)25-27(12-8-5-2)34(41)38-22-20-37(21-23-38)28-16-18-36-19-17-28/h5-6,12,14-19,24H,2-4,7-11,13,20-23,25H2,1H3,(H2,35,40)/b27-12+. The van der Waals surface area contributed by atoms with Gasteiger partial charge in [-0.05, 0) is 49.1 Å². The molecule has 0 radical (unpaired) electrons. The molecule has 1 aliphatic heterocycles. The van der Waals surface area contributed by atoms with Gasteiger partial charge in [0.05, 0.1) is 6.54 Å². The van der Waals surface area contributed by atoms with Gasteiger partial charge in [-0.25, -0.2) is 0 Å². The highest BCUT2D eigenvalue weighted by Crippen LogP contribution is 2.31. The van der Waals surface area contributed by atoms with E-state index in [0.29, 0.717) is 38.0 Å². The molecule has 7 heteroatoms. The van der Waals surface area contributed by atoms with Crippen molar-refractivity contribution in [1.82, 2.24) is 14.5 Å². The molecule has 1 aromatic carbocycles. The highest BCUT2D eigenvalue weighted by molar-refractivity contribution is 5.99. The number of carbonyl (C=O) groups is 2. The van der Waals surface area contributed by atoms with Crippen LogP contribution in [0.4, 0.5) is 5.69 Å². The fourth-order valence-corrected chi connectivity index (χ4v) is 5.73. The molecule has 0 bridgehead atoms. The number of hydrogen-bond donors (Lipinski definition) is 1. The van der Waals surface area contributed by atoms with E-state index in [9.17, 15) is 9.59 Å². The van der Waals surface area contributed by atoms with Crippen molar-refractivity contribution in [1.29, 1.82) is 0 Å². The van der Waals surface area contributed by atoms with E-state index < -0.39 is 5.91 Å². The average Bonchev–Trinajstić information content (AvgIpc) is 3.28. The molecule has 0 spiro atoms. The summed E-state index contributed by atoms with van der Waals surface area (Å²) in [6.07, 6.45) is 16.2. The number of aryl methyl sites for hydroxylation is 1. The number of primary amides is 1. The van der Waals surface area contributed by atoms with Crippen LogP contribution in [0.3, 0.4) is 0 Å². The highest BCUT2D eigenvalue weighted by atomic mass is 16.2. The van der Waals surface area contributed by atoms with Crippen LogP contribution in [0, 0.1) is 0 Å². The summed E-state index contributed by atoms with van der Waals surface area (Å²) in [7, 11) is 0. The zero-order valence-corrected chi connectivity index (χ0v) is 24.4. The molecule has 2 aromatic heterocycles. The Bertz CT molecular complexity index is 1400. The van der Waals surface area contributed by atoms with E-state index in [-0.39, 0.29) is 5.91 Å². The van der Waals surface area contributed by atoms with E-state index in [2.05, 4.69) is 34.5 Å². The number of pyridine rings is 1. The van der Waals surface area contributed by atoms with Gasteiger partial charge in [-0.3, -0.25) is 14.6 Å². The van der Waals surface area contributed by atoms with Gasteiger partial charge in [0.1, 0.15) is 0 Å². The topological polar surface area (TPSA) is 84.5 Å². The van der Waals surface area contributed by atoms with Crippen molar-refractivity contribution in [2.24, 2.45) is 5.73 Å². The number of piperazine rings is 1. The van der Waals surface area contributed by atoms with Gasteiger partial charge in [0.25, 0.3) is 5.91 Å². The number of anilines is 1. The predicted molar refractivity (Wildman–Crippen MR) is 168 cm³/mol. The molecular weight excluding hydrogens is 510 g/mol. The largest absolute Gasteiger partial charge is 0.368 e. The lowest BCUT2D eigenvalue weighted by Crippen LogP contribution is -2.49. The molecule has 216 valence electrons. The molecule has 7 nitrogen and oxygen atoms in total. The number of amides is 2. The summed E-state index contributed by atoms with van der Waals surface area (Å²) < 4.78 is 2.21. The Balaban J connectivity index is 1.67. The third-order valence-corrected chi connectivity index (χ3v) is 7.92. The van der Waals surface area contributed by atoms with Crippen LogP contribution in [-0.2, 0) is 24.2 Å². The molecule has 1 fully saturated rings. The summed E-state index contributed by atoms with van der Waals surface area (Å²) in [5, 5.41) is 1.12. The maximum atomic E-state index is 14.0. The fourth-order valence-electron chi connectivity index (χ4n) is 5.73. The van der Waals surface area contributed by atoms with Crippen molar-refractivity contribution in [2.75, 3.05) is 31.1 Å². The number of benzene rings is 1. The Labute approximate surface area is 244 Å². The van der Waals surface area contributed by atoms with Crippen molar-refractivity contribution >= 4 is 28.4 Å². The molecule has 0 aliphatic carbocycles. The monoisotopic (exact) mass is 553 g/mol. The Kier molecular flexibility index (Phi) is 10.5. The van der Waals surface area contributed by atoms with Gasteiger partial charge >= 0.3 is 0 Å². The molecule has 3 heterocycles. The van der Waals surface area contributed by atoms with Gasteiger partial charge in [-0.1, -0.05) is 50.5 Å². The molecule has 41 heavy (non-hydrogen) atoms. The summed E-state index contributed by atoms with van der Waals surface area (Å²) in [4.78, 5) is 34.5. The Hall–Kier alpha value is -4.13. The maximum absolute atomic E-state index is 14.0. The smallest absolute Gasteiger partial charge is 0.251 e. The number of unbranched alkanes of at least 4 members (excludes halogenated alkanes) is 3. The fraction of sp³-hybridized carbons (Fsp3) is 0.382. The van der Waals surface area contributed by atoms with Crippen molar-refractivity contribution in [2.45, 2.75) is 58.4 Å². The van der Waals surface area contributed by atoms with E-state index in [1.165, 1.54) is 24.8 Å². The zero-order chi connectivity index (χ0) is 29.2. The molecule has 2 amide bonds. The molecular formula is C34H43N5O2. The van der Waals surface area contributed by atoms with Crippen LogP contribution in [0.2, 0.25) is 0 Å². The van der Waals surface area contributed by atoms with Crippen LogP contribution in [-0.4, -0.2) is 52.4 Å². The third kappa shape index (κ3) is 7.15. The second-order valence-electron chi connectivity index (χ2n) is 10.6. The van der Waals surface area contributed by atoms with E-state index in [1.807, 2.05) is 53.5 Å². The van der Waals surface area contributed by atoms with E-state index in [1.54, 1.807) is 12.4 Å². The number of hydrogen-bond acceptors (Lipinski definition) is 4. The second-order valence-corrected chi connectivity index (χ2v) is 10.6. The lowest BCUT2D eigenvalue weighted by Gasteiger charge is -2.36. The molecule has 3 aromatic rings. The average molecular weight is 554 g/mol. The summed E-state index contributed by atoms with van der Waals surface area (Å²) in [6.45, 7) is 13.4. The first-order chi connectivity index (χ1) is 20.0. The van der Waals surface area contributed by atoms with E-state index in [0.717, 1.165) is 53.8 Å². The first-order valence-corrected chi connectivity index (χ1v) is 14.8. The summed E-state index contributed by atoms with van der Waals surface area (Å²) in [5.74, 6) is -0.414. The second kappa shape index (κ2) is 14.5. The molecule has 4 rings (SSSR count). The van der Waals surface area contributed by atoms with Crippen LogP contribution in [0.15, 0.2) is 79.7 Å². The summed E-state index contributed by atoms with van der Waals surface area (Å²) in [5.41, 5.74) is 11.4. The van der Waals surface area contributed by atoms with Gasteiger partial charge in [-0.15, -0.1) is 13.2 Å². The minimum Gasteiger partial charge on any atom is -0.368 e. The van der Waals surface area contributed by atoms with Gasteiger partial charge in [0.2, 0.25) is 5.91 Å². The zero-order valence-electron chi connectivity index (χ0n) is 24.4. The van der Waals surface area contributed by atoms with Gasteiger partial charge in [0.15, 0.2) is 0 Å². The van der Waals surface area contributed by atoms with Crippen molar-refractivity contribution < 1.29 is 9.59 Å². The van der Waals surface area contributed by atoms with Gasteiger partial charge in [0, 0.05) is 78.4 Å². The number of nitrogens with two attached hydrogens (primary N) is 1. The molecule has 0 unspecified atom stereocenters. The third-order valence-electron chi connectivity index (χ3n) is 7.92. The minimum atomic E-state index is -0.458. The lowest BCUT2D eigenvalue weighted by molar-refractivity contribution is -0.127. The number of allylic oxidation sites excluding steroid dienone is 3. The predicted octanol–water partition coefficient (Wildman–Crippen LogP) is 5.84. The maximum Gasteiger partial charge on any atom is 0.251 e. The number of nitrogens with zero attached hydrogens (tertiary/aromatic N) is 4. The van der Waals surface area contributed by atoms with Crippen LogP contribution < -0.4 is 10.6 Å². The van der Waals surface area contributed by atoms with Crippen molar-refractivity contribution in [3.63, 3.8) is 0 Å². The van der Waals surface area contributed by atoms with E-state index in [4.69, 9.17) is 5.73 Å². The number of rotatable bonds is 14. The van der Waals surface area contributed by atoms with Crippen LogP contribution in [0.25, 0.3) is 10.9 Å². The van der Waals surface area contributed by atoms with Gasteiger partial charge in [-0.2, -0.15) is 0 Å². The normalized spacial score (nSPS) is 13.9. The molecule has 2 N–H and O–H groups in total. The summed E-state index contributed by atoms with van der Waals surface area (Å²) in [6, 6.07) is 9.71. The quantitative estimate of drug-likeness (QED) is 0.154. The highest BCUT2D eigenvalue weighted by Gasteiger charge is 2.26. The van der Waals surface area contributed by atoms with Crippen LogP contribution in [0.1, 0.15) is 60.6 Å². The van der Waals surface area contributed by atoms with Crippen molar-refractivity contribution in [3.05, 3.63) is 96.5 Å². The van der Waals surface area contributed by atoms with Crippen LogP contribution >= 0.6 is 0 Å². The lowest BCUT2D eigenvalue weighted by atomic mass is 10.0. The first kappa shape index (κ1) is 29.8. The summed E-state index contributed by atoms with van der Waals surface area (Å²) >= 11 is 0. The van der Waals surface area contributed by atoms with Gasteiger partial charge < -0.3 is 20.1 Å². The van der Waals surface area contributed by atoms with Crippen molar-refractivity contribution in [3.8, 4) is 0 Å².